The summed E-state index contributed by atoms with van der Waals surface area (Å²) in [6.45, 7) is -1.77. The Bertz CT molecular complexity index is 438. The third-order valence-corrected chi connectivity index (χ3v) is 1.64. The lowest BCUT2D eigenvalue weighted by molar-refractivity contribution is -0.275. The normalized spacial score (nSPS) is 12.7. The van der Waals surface area contributed by atoms with E-state index in [-0.39, 0.29) is 6.07 Å². The fraction of sp³-hybridized carbons (Fsp3) is 0.375. The lowest BCUT2D eigenvalue weighted by Gasteiger charge is -2.14. The van der Waals surface area contributed by atoms with Crippen molar-refractivity contribution in [2.75, 3.05) is 0 Å². The number of nitrogens with zero attached hydrogens (tertiary/aromatic N) is 1. The van der Waals surface area contributed by atoms with Gasteiger partial charge in [-0.1, -0.05) is 0 Å². The number of aromatic nitrogens is 1. The molecule has 0 unspecified atom stereocenters. The van der Waals surface area contributed by atoms with Crippen LogP contribution in [-0.4, -0.2) is 11.3 Å². The molecule has 1 rings (SSSR count). The van der Waals surface area contributed by atoms with Crippen molar-refractivity contribution in [3.63, 3.8) is 0 Å². The maximum absolute atomic E-state index is 12.9. The number of alkyl halides is 7. The van der Waals surface area contributed by atoms with Crippen LogP contribution in [0.1, 0.15) is 11.4 Å². The van der Waals surface area contributed by atoms with Crippen molar-refractivity contribution < 1.29 is 39.9 Å². The monoisotopic (exact) mass is 281 g/mol. The first-order valence-corrected chi connectivity index (χ1v) is 4.13. The highest BCUT2D eigenvalue weighted by atomic mass is 19.4. The summed E-state index contributed by atoms with van der Waals surface area (Å²) in [6, 6.07) is -0.210. The summed E-state index contributed by atoms with van der Waals surface area (Å²) < 4.78 is 100. The van der Waals surface area contributed by atoms with Gasteiger partial charge in [-0.15, -0.1) is 13.2 Å². The molecule has 0 saturated carbocycles. The van der Waals surface area contributed by atoms with Crippen molar-refractivity contribution in [2.24, 2.45) is 0 Å². The van der Waals surface area contributed by atoms with Crippen LogP contribution in [0.5, 0.6) is 5.75 Å². The number of hydrogen-bond donors (Lipinski definition) is 0. The van der Waals surface area contributed by atoms with E-state index >= 15 is 0 Å². The number of ether oxygens (including phenoxy) is 1. The minimum Gasteiger partial charge on any atom is -0.404 e. The zero-order valence-electron chi connectivity index (χ0n) is 8.16. The van der Waals surface area contributed by atoms with Crippen LogP contribution < -0.4 is 4.74 Å². The smallest absolute Gasteiger partial charge is 0.404 e. The van der Waals surface area contributed by atoms with Crippen LogP contribution >= 0.6 is 0 Å². The van der Waals surface area contributed by atoms with Crippen molar-refractivity contribution in [1.29, 1.82) is 0 Å². The predicted molar refractivity (Wildman–Crippen MR) is 40.7 cm³/mol. The minimum absolute atomic E-state index is 0.210. The second-order valence-corrected chi connectivity index (χ2v) is 2.94. The molecule has 2 nitrogen and oxygen atoms in total. The molecule has 0 radical (unpaired) electrons. The Kier molecular flexibility index (Phi) is 3.67. The standard InChI is InChI=1S/C8H3F8NO/c9-2-4-5(18-8(14,15)16)1-3(10)6(17-4)7(11,12)13/h1H,2H2. The summed E-state index contributed by atoms with van der Waals surface area (Å²) in [7, 11) is 0. The van der Waals surface area contributed by atoms with Crippen LogP contribution in [0.2, 0.25) is 0 Å². The molecule has 18 heavy (non-hydrogen) atoms. The highest BCUT2D eigenvalue weighted by molar-refractivity contribution is 5.31. The second-order valence-electron chi connectivity index (χ2n) is 2.94. The first kappa shape index (κ1) is 14.5. The fourth-order valence-corrected chi connectivity index (χ4v) is 1.02. The fourth-order valence-electron chi connectivity index (χ4n) is 1.02. The summed E-state index contributed by atoms with van der Waals surface area (Å²) >= 11 is 0. The van der Waals surface area contributed by atoms with Gasteiger partial charge in [0.05, 0.1) is 0 Å². The maximum Gasteiger partial charge on any atom is 0.573 e. The topological polar surface area (TPSA) is 22.1 Å². The van der Waals surface area contributed by atoms with Crippen LogP contribution in [0.25, 0.3) is 0 Å². The number of rotatable bonds is 2. The van der Waals surface area contributed by atoms with E-state index < -0.39 is 42.2 Å². The van der Waals surface area contributed by atoms with E-state index in [9.17, 15) is 35.1 Å². The minimum atomic E-state index is -5.29. The number of hydrogen-bond acceptors (Lipinski definition) is 2. The molecule has 0 atom stereocenters. The molecule has 0 saturated heterocycles. The molecule has 0 aromatic carbocycles. The number of halogens is 8. The lowest BCUT2D eigenvalue weighted by atomic mass is 10.2. The lowest BCUT2D eigenvalue weighted by Crippen LogP contribution is -2.20. The van der Waals surface area contributed by atoms with Gasteiger partial charge in [0.15, 0.2) is 17.3 Å². The Morgan fingerprint density at radius 3 is 2.06 bits per heavy atom. The Morgan fingerprint density at radius 2 is 1.67 bits per heavy atom. The molecular formula is C8H3F8NO. The summed E-state index contributed by atoms with van der Waals surface area (Å²) in [5, 5.41) is 0. The van der Waals surface area contributed by atoms with E-state index in [4.69, 9.17) is 0 Å². The molecule has 102 valence electrons. The van der Waals surface area contributed by atoms with Gasteiger partial charge in [0.25, 0.3) is 0 Å². The van der Waals surface area contributed by atoms with Gasteiger partial charge in [0, 0.05) is 6.07 Å². The van der Waals surface area contributed by atoms with Crippen LogP contribution in [-0.2, 0) is 12.9 Å². The molecular weight excluding hydrogens is 278 g/mol. The summed E-state index contributed by atoms with van der Waals surface area (Å²) in [4.78, 5) is 2.45. The predicted octanol–water partition coefficient (Wildman–Crippen LogP) is 3.61. The molecule has 0 bridgehead atoms. The molecule has 0 aliphatic carbocycles. The quantitative estimate of drug-likeness (QED) is 0.772. The van der Waals surface area contributed by atoms with Crippen molar-refractivity contribution in [1.82, 2.24) is 4.98 Å². The molecule has 1 aromatic heterocycles. The third kappa shape index (κ3) is 3.44. The van der Waals surface area contributed by atoms with Crippen LogP contribution in [0.15, 0.2) is 6.07 Å². The van der Waals surface area contributed by atoms with Gasteiger partial charge in [0.1, 0.15) is 12.4 Å². The molecule has 0 spiro atoms. The van der Waals surface area contributed by atoms with E-state index in [2.05, 4.69) is 9.72 Å². The van der Waals surface area contributed by atoms with E-state index in [0.717, 1.165) is 0 Å². The van der Waals surface area contributed by atoms with Crippen LogP contribution in [0.3, 0.4) is 0 Å². The number of pyridine rings is 1. The highest BCUT2D eigenvalue weighted by Gasteiger charge is 2.39. The van der Waals surface area contributed by atoms with E-state index in [0.29, 0.717) is 0 Å². The first-order valence-electron chi connectivity index (χ1n) is 4.13. The zero-order valence-corrected chi connectivity index (χ0v) is 8.16. The second kappa shape index (κ2) is 4.58. The van der Waals surface area contributed by atoms with Crippen molar-refractivity contribution >= 4 is 0 Å². The van der Waals surface area contributed by atoms with Crippen molar-refractivity contribution in [3.8, 4) is 5.75 Å². The Balaban J connectivity index is 3.28. The van der Waals surface area contributed by atoms with Gasteiger partial charge in [-0.2, -0.15) is 13.2 Å². The molecule has 0 aliphatic rings. The molecule has 1 heterocycles. The molecule has 0 fully saturated rings. The highest BCUT2D eigenvalue weighted by Crippen LogP contribution is 2.34. The van der Waals surface area contributed by atoms with E-state index in [1.807, 2.05) is 0 Å². The molecule has 0 N–H and O–H groups in total. The van der Waals surface area contributed by atoms with Crippen molar-refractivity contribution in [3.05, 3.63) is 23.3 Å². The average Bonchev–Trinajstić information content (AvgIpc) is 2.13. The van der Waals surface area contributed by atoms with Crippen molar-refractivity contribution in [2.45, 2.75) is 19.2 Å². The summed E-state index contributed by atoms with van der Waals surface area (Å²) in [6.07, 6.45) is -10.5. The average molecular weight is 281 g/mol. The third-order valence-electron chi connectivity index (χ3n) is 1.64. The van der Waals surface area contributed by atoms with Gasteiger partial charge in [-0.05, 0) is 0 Å². The van der Waals surface area contributed by atoms with Gasteiger partial charge in [-0.3, -0.25) is 0 Å². The Morgan fingerprint density at radius 1 is 1.11 bits per heavy atom. The molecule has 0 amide bonds. The maximum atomic E-state index is 12.9. The molecule has 1 aromatic rings. The summed E-state index contributed by atoms with van der Waals surface area (Å²) in [5.74, 6) is -3.53. The van der Waals surface area contributed by atoms with Crippen LogP contribution in [0.4, 0.5) is 35.1 Å². The van der Waals surface area contributed by atoms with Gasteiger partial charge in [-0.25, -0.2) is 13.8 Å². The zero-order chi connectivity index (χ0) is 14.1. The SMILES string of the molecule is FCc1nc(C(F)(F)F)c(F)cc1OC(F)(F)F. The Labute approximate surface area is 94.2 Å². The van der Waals surface area contributed by atoms with Gasteiger partial charge in [0.2, 0.25) is 0 Å². The van der Waals surface area contributed by atoms with Gasteiger partial charge < -0.3 is 4.74 Å². The van der Waals surface area contributed by atoms with Gasteiger partial charge >= 0.3 is 12.5 Å². The first-order chi connectivity index (χ1) is 8.04. The van der Waals surface area contributed by atoms with Crippen LogP contribution in [0, 0.1) is 5.82 Å². The Hall–Kier alpha value is -1.61. The molecule has 10 heteroatoms. The molecule has 0 aliphatic heterocycles. The largest absolute Gasteiger partial charge is 0.573 e. The van der Waals surface area contributed by atoms with E-state index in [1.54, 1.807) is 0 Å². The summed E-state index contributed by atoms with van der Waals surface area (Å²) in [5.41, 5.74) is -3.40. The van der Waals surface area contributed by atoms with E-state index in [1.165, 1.54) is 0 Å².